The number of hydrogen-bond donors (Lipinski definition) is 0. The minimum atomic E-state index is -0.651. The molecule has 4 heteroatoms. The molecule has 0 amide bonds. The molecule has 0 heterocycles. The smallest absolute Gasteiger partial charge is 0.341 e. The van der Waals surface area contributed by atoms with E-state index in [1.54, 1.807) is 26.8 Å². The molecule has 142 valence electrons. The number of hydrogen-bond acceptors (Lipinski definition) is 3. The van der Waals surface area contributed by atoms with Gasteiger partial charge in [0.15, 0.2) is 0 Å². The number of carbonyl (C=O) groups is 1. The molecule has 3 nitrogen and oxygen atoms in total. The molecule has 2 aliphatic rings. The van der Waals surface area contributed by atoms with E-state index >= 15 is 0 Å². The van der Waals surface area contributed by atoms with Crippen molar-refractivity contribution in [3.05, 3.63) is 41.2 Å². The Labute approximate surface area is 155 Å². The molecule has 0 radical (unpaired) electrons. The van der Waals surface area contributed by atoms with Crippen molar-refractivity contribution in [2.45, 2.75) is 71.3 Å². The van der Waals surface area contributed by atoms with Crippen molar-refractivity contribution >= 4 is 5.97 Å². The van der Waals surface area contributed by atoms with E-state index in [1.807, 2.05) is 0 Å². The number of carbonyl (C=O) groups excluding carboxylic acids is 1. The van der Waals surface area contributed by atoms with E-state index < -0.39 is 17.4 Å². The summed E-state index contributed by atoms with van der Waals surface area (Å²) in [6.07, 6.45) is 9.60. The van der Waals surface area contributed by atoms with Crippen LogP contribution in [0.25, 0.3) is 0 Å². The first-order valence-corrected chi connectivity index (χ1v) is 9.51. The molecule has 1 unspecified atom stereocenters. The van der Waals surface area contributed by atoms with Crippen LogP contribution in [-0.2, 0) is 4.74 Å². The predicted molar refractivity (Wildman–Crippen MR) is 100 cm³/mol. The molecule has 0 aromatic heterocycles. The highest BCUT2D eigenvalue weighted by atomic mass is 19.1. The third kappa shape index (κ3) is 4.66. The summed E-state index contributed by atoms with van der Waals surface area (Å²) in [5.41, 5.74) is 0.362. The fraction of sp³-hybridized carbons (Fsp3) is 0.591. The molecule has 0 bridgehead atoms. The summed E-state index contributed by atoms with van der Waals surface area (Å²) in [5, 5.41) is 0. The molecular formula is C22H29FO3. The first-order valence-electron chi connectivity index (χ1n) is 9.51. The van der Waals surface area contributed by atoms with Crippen LogP contribution < -0.4 is 4.74 Å². The lowest BCUT2D eigenvalue weighted by atomic mass is 9.80. The van der Waals surface area contributed by atoms with Gasteiger partial charge in [-0.2, -0.15) is 0 Å². The maximum absolute atomic E-state index is 14.6. The maximum Gasteiger partial charge on any atom is 0.341 e. The van der Waals surface area contributed by atoms with Gasteiger partial charge >= 0.3 is 5.97 Å². The molecule has 0 N–H and O–H groups in total. The van der Waals surface area contributed by atoms with E-state index in [0.29, 0.717) is 18.3 Å². The fourth-order valence-corrected chi connectivity index (χ4v) is 3.30. The summed E-state index contributed by atoms with van der Waals surface area (Å²) < 4.78 is 26.0. The first kappa shape index (κ1) is 18.9. The number of esters is 1. The lowest BCUT2D eigenvalue weighted by molar-refractivity contribution is 0.00644. The highest BCUT2D eigenvalue weighted by Gasteiger charge is 2.32. The van der Waals surface area contributed by atoms with Gasteiger partial charge in [-0.05, 0) is 70.4 Å². The third-order valence-corrected chi connectivity index (χ3v) is 5.00. The van der Waals surface area contributed by atoms with E-state index in [-0.39, 0.29) is 11.0 Å². The average Bonchev–Trinajstić information content (AvgIpc) is 3.37. The van der Waals surface area contributed by atoms with Crippen molar-refractivity contribution < 1.29 is 18.7 Å². The van der Waals surface area contributed by atoms with Crippen LogP contribution in [0.4, 0.5) is 4.39 Å². The largest absolute Gasteiger partial charge is 0.493 e. The zero-order chi connectivity index (χ0) is 18.9. The van der Waals surface area contributed by atoms with Gasteiger partial charge in [-0.1, -0.05) is 19.1 Å². The Morgan fingerprint density at radius 2 is 2.00 bits per heavy atom. The quantitative estimate of drug-likeness (QED) is 0.493. The van der Waals surface area contributed by atoms with Crippen LogP contribution in [0.15, 0.2) is 24.3 Å². The summed E-state index contributed by atoms with van der Waals surface area (Å²) in [6, 6.07) is 3.01. The Kier molecular flexibility index (Phi) is 5.14. The average molecular weight is 360 g/mol. The molecule has 2 aliphatic carbocycles. The van der Waals surface area contributed by atoms with Gasteiger partial charge in [0.2, 0.25) is 0 Å². The Morgan fingerprint density at radius 1 is 1.27 bits per heavy atom. The predicted octanol–water partition coefficient (Wildman–Crippen LogP) is 5.78. The summed E-state index contributed by atoms with van der Waals surface area (Å²) >= 11 is 0. The van der Waals surface area contributed by atoms with Gasteiger partial charge in [-0.3, -0.25) is 0 Å². The van der Waals surface area contributed by atoms with Crippen molar-refractivity contribution in [3.63, 3.8) is 0 Å². The maximum atomic E-state index is 14.6. The Balaban J connectivity index is 1.81. The van der Waals surface area contributed by atoms with Crippen molar-refractivity contribution in [1.29, 1.82) is 0 Å². The fourth-order valence-electron chi connectivity index (χ4n) is 3.30. The Hall–Kier alpha value is -1.84. The molecule has 26 heavy (non-hydrogen) atoms. The van der Waals surface area contributed by atoms with Crippen molar-refractivity contribution in [2.24, 2.45) is 5.41 Å². The topological polar surface area (TPSA) is 35.5 Å². The van der Waals surface area contributed by atoms with Crippen LogP contribution in [0.1, 0.15) is 81.6 Å². The molecule has 1 atom stereocenters. The third-order valence-electron chi connectivity index (χ3n) is 5.00. The molecule has 1 aromatic rings. The second-order valence-electron chi connectivity index (χ2n) is 8.96. The molecule has 0 spiro atoms. The standard InChI is InChI=1S/C22H29FO3/c1-21(2,3)26-20(24)17-12-16(15-8-9-15)19(13-18(17)23)25-14-22(4)10-6-5-7-11-22/h5-6,12-13,15H,7-11,14H2,1-4H3. The number of benzene rings is 1. The van der Waals surface area contributed by atoms with Crippen LogP contribution in [0.5, 0.6) is 5.75 Å². The van der Waals surface area contributed by atoms with Gasteiger partial charge in [0.05, 0.1) is 12.2 Å². The van der Waals surface area contributed by atoms with Crippen molar-refractivity contribution in [2.75, 3.05) is 6.61 Å². The van der Waals surface area contributed by atoms with Gasteiger partial charge in [0.25, 0.3) is 0 Å². The second-order valence-corrected chi connectivity index (χ2v) is 8.96. The zero-order valence-corrected chi connectivity index (χ0v) is 16.2. The monoisotopic (exact) mass is 360 g/mol. The van der Waals surface area contributed by atoms with Crippen LogP contribution in [0, 0.1) is 11.2 Å². The van der Waals surface area contributed by atoms with Crippen LogP contribution >= 0.6 is 0 Å². The first-order chi connectivity index (χ1) is 12.2. The van der Waals surface area contributed by atoms with Gasteiger partial charge in [0, 0.05) is 11.5 Å². The van der Waals surface area contributed by atoms with E-state index in [4.69, 9.17) is 9.47 Å². The van der Waals surface area contributed by atoms with Crippen LogP contribution in [0.3, 0.4) is 0 Å². The normalized spacial score (nSPS) is 23.0. The number of rotatable bonds is 5. The molecule has 1 aromatic carbocycles. The zero-order valence-electron chi connectivity index (χ0n) is 16.2. The lowest BCUT2D eigenvalue weighted by Crippen LogP contribution is -2.26. The molecular weight excluding hydrogens is 331 g/mol. The molecule has 3 rings (SSSR count). The van der Waals surface area contributed by atoms with Crippen molar-refractivity contribution in [1.82, 2.24) is 0 Å². The molecule has 0 aliphatic heterocycles. The van der Waals surface area contributed by atoms with Gasteiger partial charge in [-0.25, -0.2) is 9.18 Å². The summed E-state index contributed by atoms with van der Waals surface area (Å²) in [5.74, 6) is -0.265. The summed E-state index contributed by atoms with van der Waals surface area (Å²) in [7, 11) is 0. The van der Waals surface area contributed by atoms with E-state index in [0.717, 1.165) is 37.7 Å². The summed E-state index contributed by atoms with van der Waals surface area (Å²) in [6.45, 7) is 8.10. The SMILES string of the molecule is CC1(COc2cc(F)c(C(=O)OC(C)(C)C)cc2C2CC2)CC=CCC1. The number of ether oxygens (including phenoxy) is 2. The minimum Gasteiger partial charge on any atom is -0.493 e. The van der Waals surface area contributed by atoms with Gasteiger partial charge in [0.1, 0.15) is 17.2 Å². The van der Waals surface area contributed by atoms with E-state index in [1.165, 1.54) is 6.07 Å². The lowest BCUT2D eigenvalue weighted by Gasteiger charge is -2.31. The number of halogens is 1. The molecule has 0 saturated heterocycles. The van der Waals surface area contributed by atoms with Crippen LogP contribution in [-0.4, -0.2) is 18.2 Å². The number of allylic oxidation sites excluding steroid dienone is 2. The highest BCUT2D eigenvalue weighted by molar-refractivity contribution is 5.90. The second kappa shape index (κ2) is 7.05. The summed E-state index contributed by atoms with van der Waals surface area (Å²) in [4.78, 5) is 12.3. The van der Waals surface area contributed by atoms with Crippen molar-refractivity contribution in [3.8, 4) is 5.75 Å². The minimum absolute atomic E-state index is 0.000913. The van der Waals surface area contributed by atoms with Gasteiger partial charge < -0.3 is 9.47 Å². The molecule has 1 saturated carbocycles. The van der Waals surface area contributed by atoms with Gasteiger partial charge in [-0.15, -0.1) is 0 Å². The Bertz CT molecular complexity index is 713. The Morgan fingerprint density at radius 3 is 2.58 bits per heavy atom. The van der Waals surface area contributed by atoms with E-state index in [9.17, 15) is 9.18 Å². The molecule has 1 fully saturated rings. The van der Waals surface area contributed by atoms with E-state index in [2.05, 4.69) is 19.1 Å². The van der Waals surface area contributed by atoms with Crippen LogP contribution in [0.2, 0.25) is 0 Å². The highest BCUT2D eigenvalue weighted by Crippen LogP contribution is 2.46.